The molecule has 20 heavy (non-hydrogen) atoms. The summed E-state index contributed by atoms with van der Waals surface area (Å²) in [4.78, 5) is 0.0265. The molecule has 0 radical (unpaired) electrons. The van der Waals surface area contributed by atoms with Crippen LogP contribution in [0, 0.1) is 0 Å². The molecule has 0 aliphatic carbocycles. The van der Waals surface area contributed by atoms with Crippen LogP contribution in [0.5, 0.6) is 0 Å². The van der Waals surface area contributed by atoms with Crippen molar-refractivity contribution in [2.75, 3.05) is 19.3 Å². The van der Waals surface area contributed by atoms with Crippen molar-refractivity contribution in [3.05, 3.63) is 22.7 Å². The van der Waals surface area contributed by atoms with Gasteiger partial charge in [-0.3, -0.25) is 0 Å². The minimum atomic E-state index is -3.61. The molecule has 0 N–H and O–H groups in total. The average Bonchev–Trinajstić information content (AvgIpc) is 2.38. The van der Waals surface area contributed by atoms with Crippen LogP contribution in [0.2, 0.25) is 0 Å². The zero-order chi connectivity index (χ0) is 15.0. The molecule has 8 heteroatoms. The predicted octanol–water partition coefficient (Wildman–Crippen LogP) is 2.03. The highest BCUT2D eigenvalue weighted by Crippen LogP contribution is 2.27. The molecule has 0 saturated carbocycles. The van der Waals surface area contributed by atoms with E-state index in [1.54, 1.807) is 0 Å². The van der Waals surface area contributed by atoms with Gasteiger partial charge < -0.3 is 0 Å². The number of sulfone groups is 1. The highest BCUT2D eigenvalue weighted by atomic mass is 79.9. The normalized spacial score (nSPS) is 18.1. The standard InChI is InChI=1S/C12H16BrNO4S2/c1-19(15,16)12-9-10(5-6-11(12)13)20(17,18)14-7-3-2-4-8-14/h5-6,9H,2-4,7-8H2,1H3. The van der Waals surface area contributed by atoms with Gasteiger partial charge in [0.25, 0.3) is 0 Å². The van der Waals surface area contributed by atoms with Crippen LogP contribution in [0.3, 0.4) is 0 Å². The summed E-state index contributed by atoms with van der Waals surface area (Å²) in [6.07, 6.45) is 3.77. The first-order chi connectivity index (χ1) is 9.23. The second-order valence-electron chi connectivity index (χ2n) is 4.83. The number of halogens is 1. The quantitative estimate of drug-likeness (QED) is 0.802. The molecule has 0 aromatic heterocycles. The molecule has 1 fully saturated rings. The van der Waals surface area contributed by atoms with Gasteiger partial charge in [-0.2, -0.15) is 4.31 Å². The van der Waals surface area contributed by atoms with Gasteiger partial charge in [0.05, 0.1) is 9.79 Å². The molecule has 1 aliphatic rings. The number of sulfonamides is 1. The van der Waals surface area contributed by atoms with Crippen molar-refractivity contribution in [2.45, 2.75) is 29.1 Å². The summed E-state index contributed by atoms with van der Waals surface area (Å²) in [5, 5.41) is 0. The zero-order valence-electron chi connectivity index (χ0n) is 11.0. The van der Waals surface area contributed by atoms with Crippen molar-refractivity contribution in [1.82, 2.24) is 4.31 Å². The Kier molecular flexibility index (Phi) is 4.58. The van der Waals surface area contributed by atoms with E-state index in [1.165, 1.54) is 22.5 Å². The molecule has 1 heterocycles. The first kappa shape index (κ1) is 15.9. The third-order valence-electron chi connectivity index (χ3n) is 3.25. The summed E-state index contributed by atoms with van der Waals surface area (Å²) in [5.41, 5.74) is 0. The van der Waals surface area contributed by atoms with E-state index in [0.29, 0.717) is 17.6 Å². The molecule has 5 nitrogen and oxygen atoms in total. The Bertz CT molecular complexity index is 707. The Labute approximate surface area is 128 Å². The van der Waals surface area contributed by atoms with Crippen LogP contribution in [0.4, 0.5) is 0 Å². The number of hydrogen-bond donors (Lipinski definition) is 0. The minimum absolute atomic E-state index is 0.00409. The van der Waals surface area contributed by atoms with Crippen LogP contribution in [0.15, 0.2) is 32.5 Å². The van der Waals surface area contributed by atoms with Gasteiger partial charge >= 0.3 is 0 Å². The summed E-state index contributed by atoms with van der Waals surface area (Å²) in [6, 6.07) is 4.12. The lowest BCUT2D eigenvalue weighted by molar-refractivity contribution is 0.346. The van der Waals surface area contributed by atoms with Crippen molar-refractivity contribution in [1.29, 1.82) is 0 Å². The summed E-state index contributed by atoms with van der Waals surface area (Å²) < 4.78 is 50.1. The number of hydrogen-bond acceptors (Lipinski definition) is 4. The molecule has 0 bridgehead atoms. The van der Waals surface area contributed by atoms with E-state index < -0.39 is 19.9 Å². The zero-order valence-corrected chi connectivity index (χ0v) is 14.3. The second kappa shape index (κ2) is 5.75. The van der Waals surface area contributed by atoms with Crippen LogP contribution in [0.1, 0.15) is 19.3 Å². The molecule has 0 atom stereocenters. The van der Waals surface area contributed by atoms with Crippen LogP contribution in [-0.4, -0.2) is 40.5 Å². The second-order valence-corrected chi connectivity index (χ2v) is 9.61. The lowest BCUT2D eigenvalue weighted by Crippen LogP contribution is -2.35. The molecule has 112 valence electrons. The van der Waals surface area contributed by atoms with Gasteiger partial charge in [0.1, 0.15) is 0 Å². The molecular formula is C12H16BrNO4S2. The van der Waals surface area contributed by atoms with E-state index in [9.17, 15) is 16.8 Å². The summed E-state index contributed by atoms with van der Waals surface area (Å²) in [5.74, 6) is 0. The third-order valence-corrected chi connectivity index (χ3v) is 7.24. The van der Waals surface area contributed by atoms with E-state index >= 15 is 0 Å². The number of benzene rings is 1. The average molecular weight is 382 g/mol. The van der Waals surface area contributed by atoms with Gasteiger partial charge in [0, 0.05) is 23.8 Å². The van der Waals surface area contributed by atoms with Crippen LogP contribution >= 0.6 is 15.9 Å². The fourth-order valence-electron chi connectivity index (χ4n) is 2.18. The van der Waals surface area contributed by atoms with Gasteiger partial charge in [-0.15, -0.1) is 0 Å². The Balaban J connectivity index is 2.47. The van der Waals surface area contributed by atoms with Gasteiger partial charge in [0.15, 0.2) is 9.84 Å². The summed E-state index contributed by atoms with van der Waals surface area (Å²) >= 11 is 3.14. The maximum atomic E-state index is 12.5. The number of rotatable bonds is 3. The van der Waals surface area contributed by atoms with Crippen molar-refractivity contribution in [3.63, 3.8) is 0 Å². The molecule has 2 rings (SSSR count). The van der Waals surface area contributed by atoms with E-state index in [1.807, 2.05) is 0 Å². The van der Waals surface area contributed by atoms with E-state index in [2.05, 4.69) is 15.9 Å². The fourth-order valence-corrected chi connectivity index (χ4v) is 5.69. The summed E-state index contributed by atoms with van der Waals surface area (Å²) in [6.45, 7) is 0.985. The Morgan fingerprint density at radius 3 is 2.20 bits per heavy atom. The predicted molar refractivity (Wildman–Crippen MR) is 79.9 cm³/mol. The molecular weight excluding hydrogens is 366 g/mol. The fraction of sp³-hybridized carbons (Fsp3) is 0.500. The monoisotopic (exact) mass is 381 g/mol. The maximum absolute atomic E-state index is 12.5. The Morgan fingerprint density at radius 1 is 1.05 bits per heavy atom. The molecule has 0 amide bonds. The van der Waals surface area contributed by atoms with Gasteiger partial charge in [-0.05, 0) is 47.0 Å². The van der Waals surface area contributed by atoms with E-state index in [0.717, 1.165) is 25.5 Å². The highest BCUT2D eigenvalue weighted by Gasteiger charge is 2.27. The molecule has 1 aromatic carbocycles. The smallest absolute Gasteiger partial charge is 0.224 e. The molecule has 1 aromatic rings. The summed E-state index contributed by atoms with van der Waals surface area (Å²) in [7, 11) is -7.09. The lowest BCUT2D eigenvalue weighted by atomic mass is 10.2. The van der Waals surface area contributed by atoms with Crippen molar-refractivity contribution in [3.8, 4) is 0 Å². The van der Waals surface area contributed by atoms with Crippen molar-refractivity contribution < 1.29 is 16.8 Å². The largest absolute Gasteiger partial charge is 0.243 e. The van der Waals surface area contributed by atoms with Gasteiger partial charge in [0.2, 0.25) is 10.0 Å². The van der Waals surface area contributed by atoms with E-state index in [4.69, 9.17) is 0 Å². The Hall–Kier alpha value is -0.440. The highest BCUT2D eigenvalue weighted by molar-refractivity contribution is 9.10. The topological polar surface area (TPSA) is 71.5 Å². The van der Waals surface area contributed by atoms with Gasteiger partial charge in [-0.25, -0.2) is 16.8 Å². The van der Waals surface area contributed by atoms with Crippen LogP contribution in [0.25, 0.3) is 0 Å². The Morgan fingerprint density at radius 2 is 1.65 bits per heavy atom. The lowest BCUT2D eigenvalue weighted by Gasteiger charge is -2.26. The molecule has 1 saturated heterocycles. The van der Waals surface area contributed by atoms with E-state index in [-0.39, 0.29) is 9.79 Å². The van der Waals surface area contributed by atoms with Crippen LogP contribution in [-0.2, 0) is 19.9 Å². The van der Waals surface area contributed by atoms with Gasteiger partial charge in [-0.1, -0.05) is 6.42 Å². The maximum Gasteiger partial charge on any atom is 0.243 e. The van der Waals surface area contributed by atoms with Crippen molar-refractivity contribution >= 4 is 35.8 Å². The van der Waals surface area contributed by atoms with Crippen LogP contribution < -0.4 is 0 Å². The SMILES string of the molecule is CS(=O)(=O)c1cc(S(=O)(=O)N2CCCCC2)ccc1Br. The third kappa shape index (κ3) is 3.24. The first-order valence-corrected chi connectivity index (χ1v) is 10.3. The molecule has 0 spiro atoms. The number of nitrogens with zero attached hydrogens (tertiary/aromatic N) is 1. The van der Waals surface area contributed by atoms with Crippen molar-refractivity contribution in [2.24, 2.45) is 0 Å². The first-order valence-electron chi connectivity index (χ1n) is 6.23. The molecule has 0 unspecified atom stereocenters. The molecule has 1 aliphatic heterocycles. The number of piperidine rings is 1. The minimum Gasteiger partial charge on any atom is -0.224 e.